The van der Waals surface area contributed by atoms with Crippen LogP contribution >= 0.6 is 0 Å². The summed E-state index contributed by atoms with van der Waals surface area (Å²) in [7, 11) is 0. The molecule has 0 atom stereocenters. The minimum absolute atomic E-state index is 0.0674. The zero-order valence-corrected chi connectivity index (χ0v) is 11.9. The van der Waals surface area contributed by atoms with Gasteiger partial charge in [-0.15, -0.1) is 0 Å². The summed E-state index contributed by atoms with van der Waals surface area (Å²) in [5.41, 5.74) is 0.834. The van der Waals surface area contributed by atoms with Gasteiger partial charge in [0.15, 0.2) is 0 Å². The van der Waals surface area contributed by atoms with Crippen molar-refractivity contribution in [2.75, 3.05) is 0 Å². The van der Waals surface area contributed by atoms with Gasteiger partial charge in [0, 0.05) is 17.6 Å². The van der Waals surface area contributed by atoms with E-state index in [2.05, 4.69) is 30.8 Å². The van der Waals surface area contributed by atoms with E-state index in [0.29, 0.717) is 6.54 Å². The molecule has 1 aromatic rings. The molecule has 0 saturated carbocycles. The summed E-state index contributed by atoms with van der Waals surface area (Å²) < 4.78 is 29.2. The van der Waals surface area contributed by atoms with Gasteiger partial charge in [0.2, 0.25) is 0 Å². The van der Waals surface area contributed by atoms with Gasteiger partial charge in [-0.25, -0.2) is 0 Å². The number of halogens is 2. The summed E-state index contributed by atoms with van der Waals surface area (Å²) in [5, 5.41) is 3.49. The maximum Gasteiger partial charge on any atom is 0.387 e. The van der Waals surface area contributed by atoms with Gasteiger partial charge < -0.3 is 10.1 Å². The second-order valence-corrected chi connectivity index (χ2v) is 4.68. The smallest absolute Gasteiger partial charge is 0.387 e. The third-order valence-corrected chi connectivity index (χ3v) is 3.87. The average Bonchev–Trinajstić information content (AvgIpc) is 2.42. The Morgan fingerprint density at radius 1 is 1.11 bits per heavy atom. The molecule has 0 aliphatic carbocycles. The fourth-order valence-electron chi connectivity index (χ4n) is 2.27. The standard InChI is InChI=1S/C15H23F2NO/c1-4-15(5-2,6-3)18-11-12-9-7-8-10-13(12)19-14(16)17/h7-10,14,18H,4-6,11H2,1-3H3. The maximum absolute atomic E-state index is 12.3. The molecule has 108 valence electrons. The zero-order chi connectivity index (χ0) is 14.3. The molecule has 0 radical (unpaired) electrons. The predicted molar refractivity (Wildman–Crippen MR) is 73.5 cm³/mol. The van der Waals surface area contributed by atoms with E-state index in [-0.39, 0.29) is 11.3 Å². The summed E-state index contributed by atoms with van der Waals surface area (Å²) >= 11 is 0. The van der Waals surface area contributed by atoms with Gasteiger partial charge in [-0.05, 0) is 25.3 Å². The van der Waals surface area contributed by atoms with Crippen molar-refractivity contribution in [1.82, 2.24) is 5.32 Å². The quantitative estimate of drug-likeness (QED) is 0.759. The molecule has 0 heterocycles. The van der Waals surface area contributed by atoms with Crippen molar-refractivity contribution in [2.45, 2.75) is 58.7 Å². The van der Waals surface area contributed by atoms with Crippen molar-refractivity contribution < 1.29 is 13.5 Å². The molecule has 0 aromatic heterocycles. The van der Waals surface area contributed by atoms with Crippen LogP contribution in [0.3, 0.4) is 0 Å². The maximum atomic E-state index is 12.3. The summed E-state index contributed by atoms with van der Waals surface area (Å²) in [5.74, 6) is 0.252. The lowest BCUT2D eigenvalue weighted by molar-refractivity contribution is -0.0505. The van der Waals surface area contributed by atoms with Crippen LogP contribution in [-0.4, -0.2) is 12.2 Å². The minimum atomic E-state index is -2.78. The van der Waals surface area contributed by atoms with Gasteiger partial charge in [0.1, 0.15) is 5.75 Å². The van der Waals surface area contributed by atoms with E-state index in [1.807, 2.05) is 12.1 Å². The van der Waals surface area contributed by atoms with Crippen molar-refractivity contribution in [3.8, 4) is 5.75 Å². The fourth-order valence-corrected chi connectivity index (χ4v) is 2.27. The molecule has 0 bridgehead atoms. The molecule has 0 saturated heterocycles. The van der Waals surface area contributed by atoms with E-state index in [9.17, 15) is 8.78 Å². The predicted octanol–water partition coefficient (Wildman–Crippen LogP) is 4.35. The van der Waals surface area contributed by atoms with Crippen molar-refractivity contribution >= 4 is 0 Å². The first-order chi connectivity index (χ1) is 9.06. The Hall–Kier alpha value is -1.16. The van der Waals surface area contributed by atoms with Gasteiger partial charge >= 0.3 is 6.61 Å². The topological polar surface area (TPSA) is 21.3 Å². The van der Waals surface area contributed by atoms with Crippen LogP contribution in [0.1, 0.15) is 45.6 Å². The number of nitrogens with one attached hydrogen (secondary N) is 1. The van der Waals surface area contributed by atoms with Crippen molar-refractivity contribution in [3.05, 3.63) is 29.8 Å². The average molecular weight is 271 g/mol. The molecular formula is C15H23F2NO. The molecule has 2 nitrogen and oxygen atoms in total. The molecule has 1 aromatic carbocycles. The minimum Gasteiger partial charge on any atom is -0.434 e. The number of alkyl halides is 2. The molecule has 4 heteroatoms. The highest BCUT2D eigenvalue weighted by molar-refractivity contribution is 5.33. The van der Waals surface area contributed by atoms with E-state index < -0.39 is 6.61 Å². The van der Waals surface area contributed by atoms with Gasteiger partial charge in [-0.1, -0.05) is 39.0 Å². The Bertz CT molecular complexity index is 370. The van der Waals surface area contributed by atoms with Crippen LogP contribution in [0.5, 0.6) is 5.75 Å². The lowest BCUT2D eigenvalue weighted by Crippen LogP contribution is -2.43. The Morgan fingerprint density at radius 2 is 1.68 bits per heavy atom. The van der Waals surface area contributed by atoms with Crippen LogP contribution < -0.4 is 10.1 Å². The zero-order valence-electron chi connectivity index (χ0n) is 11.9. The highest BCUT2D eigenvalue weighted by Crippen LogP contribution is 2.24. The van der Waals surface area contributed by atoms with Crippen LogP contribution in [0.25, 0.3) is 0 Å². The summed E-state index contributed by atoms with van der Waals surface area (Å²) in [6.45, 7) is 4.18. The Kier molecular flexibility index (Phi) is 6.22. The molecule has 1 rings (SSSR count). The van der Waals surface area contributed by atoms with Crippen molar-refractivity contribution in [2.24, 2.45) is 0 Å². The van der Waals surface area contributed by atoms with E-state index >= 15 is 0 Å². The van der Waals surface area contributed by atoms with Crippen molar-refractivity contribution in [3.63, 3.8) is 0 Å². The summed E-state index contributed by atoms with van der Waals surface area (Å²) in [6, 6.07) is 6.93. The molecule has 0 fully saturated rings. The normalized spacial score (nSPS) is 11.9. The van der Waals surface area contributed by atoms with Gasteiger partial charge in [-0.3, -0.25) is 0 Å². The molecule has 0 amide bonds. The van der Waals surface area contributed by atoms with Crippen molar-refractivity contribution in [1.29, 1.82) is 0 Å². The molecule has 1 N–H and O–H groups in total. The first-order valence-electron chi connectivity index (χ1n) is 6.84. The van der Waals surface area contributed by atoms with Gasteiger partial charge in [0.25, 0.3) is 0 Å². The van der Waals surface area contributed by atoms with E-state index in [0.717, 1.165) is 24.8 Å². The molecule has 0 aliphatic heterocycles. The van der Waals surface area contributed by atoms with E-state index in [4.69, 9.17) is 0 Å². The second-order valence-electron chi connectivity index (χ2n) is 4.68. The molecule has 0 spiro atoms. The Labute approximate surface area is 114 Å². The molecule has 19 heavy (non-hydrogen) atoms. The number of ether oxygens (including phenoxy) is 1. The Morgan fingerprint density at radius 3 is 2.21 bits per heavy atom. The largest absolute Gasteiger partial charge is 0.434 e. The molecule has 0 unspecified atom stereocenters. The van der Waals surface area contributed by atoms with E-state index in [1.54, 1.807) is 12.1 Å². The van der Waals surface area contributed by atoms with Gasteiger partial charge in [0.05, 0.1) is 0 Å². The van der Waals surface area contributed by atoms with Crippen LogP contribution in [-0.2, 0) is 6.54 Å². The number of hydrogen-bond donors (Lipinski definition) is 1. The number of hydrogen-bond acceptors (Lipinski definition) is 2. The number of benzene rings is 1. The fraction of sp³-hybridized carbons (Fsp3) is 0.600. The van der Waals surface area contributed by atoms with Gasteiger partial charge in [-0.2, -0.15) is 8.78 Å². The Balaban J connectivity index is 2.76. The molecule has 0 aliphatic rings. The van der Waals surface area contributed by atoms with Crippen LogP contribution in [0.2, 0.25) is 0 Å². The first kappa shape index (κ1) is 15.9. The number of rotatable bonds is 8. The van der Waals surface area contributed by atoms with E-state index in [1.165, 1.54) is 0 Å². The summed E-state index contributed by atoms with van der Waals surface area (Å²) in [4.78, 5) is 0. The third kappa shape index (κ3) is 4.46. The lowest BCUT2D eigenvalue weighted by Gasteiger charge is -2.32. The lowest BCUT2D eigenvalue weighted by atomic mass is 9.89. The SMILES string of the molecule is CCC(CC)(CC)NCc1ccccc1OC(F)F. The van der Waals surface area contributed by atoms with Crippen LogP contribution in [0.15, 0.2) is 24.3 Å². The third-order valence-electron chi connectivity index (χ3n) is 3.87. The first-order valence-corrected chi connectivity index (χ1v) is 6.84. The highest BCUT2D eigenvalue weighted by Gasteiger charge is 2.23. The second kappa shape index (κ2) is 7.43. The number of para-hydroxylation sites is 1. The summed E-state index contributed by atoms with van der Waals surface area (Å²) in [6.07, 6.45) is 3.04. The monoisotopic (exact) mass is 271 g/mol. The highest BCUT2D eigenvalue weighted by atomic mass is 19.3. The van der Waals surface area contributed by atoms with Crippen LogP contribution in [0.4, 0.5) is 8.78 Å². The molecular weight excluding hydrogens is 248 g/mol. The van der Waals surface area contributed by atoms with Crippen LogP contribution in [0, 0.1) is 0 Å².